The van der Waals surface area contributed by atoms with E-state index in [9.17, 15) is 4.79 Å². The average molecular weight is 228 g/mol. The minimum absolute atomic E-state index is 0.338. The zero-order valence-electron chi connectivity index (χ0n) is 11.0. The van der Waals surface area contributed by atoms with Crippen LogP contribution >= 0.6 is 0 Å². The highest BCUT2D eigenvalue weighted by Gasteiger charge is 2.02. The number of hydrogen-bond acceptors (Lipinski definition) is 1. The first kappa shape index (κ1) is 15.5. The number of rotatable bonds is 11. The lowest BCUT2D eigenvalue weighted by Gasteiger charge is -2.10. The van der Waals surface area contributed by atoms with E-state index in [2.05, 4.69) is 13.8 Å². The van der Waals surface area contributed by atoms with Crippen molar-refractivity contribution in [1.82, 2.24) is 0 Å². The van der Waals surface area contributed by atoms with Gasteiger partial charge in [0, 0.05) is 6.42 Å². The number of carbonyl (C=O) groups is 1. The van der Waals surface area contributed by atoms with Gasteiger partial charge in [-0.05, 0) is 12.3 Å². The Kier molecular flexibility index (Phi) is 10.6. The van der Waals surface area contributed by atoms with E-state index >= 15 is 0 Å². The molecule has 1 atom stereocenters. The van der Waals surface area contributed by atoms with E-state index in [-0.39, 0.29) is 0 Å². The Bertz CT molecular complexity index is 166. The van der Waals surface area contributed by atoms with Gasteiger partial charge in [-0.25, -0.2) is 0 Å². The summed E-state index contributed by atoms with van der Waals surface area (Å²) < 4.78 is 0. The highest BCUT2D eigenvalue weighted by Crippen LogP contribution is 2.17. The van der Waals surface area contributed by atoms with Crippen molar-refractivity contribution in [2.45, 2.75) is 78.1 Å². The van der Waals surface area contributed by atoms with Crippen LogP contribution in [0.1, 0.15) is 78.1 Å². The number of carboxylic acid groups (broad SMARTS) is 1. The van der Waals surface area contributed by atoms with Gasteiger partial charge in [0.1, 0.15) is 0 Å². The Hall–Kier alpha value is -0.530. The topological polar surface area (TPSA) is 37.3 Å². The summed E-state index contributed by atoms with van der Waals surface area (Å²) in [4.78, 5) is 10.3. The summed E-state index contributed by atoms with van der Waals surface area (Å²) in [7, 11) is 0. The largest absolute Gasteiger partial charge is 0.481 e. The molecule has 0 aromatic carbocycles. The first-order chi connectivity index (χ1) is 7.66. The lowest BCUT2D eigenvalue weighted by molar-refractivity contribution is -0.137. The molecule has 0 aliphatic rings. The Morgan fingerprint density at radius 2 is 1.56 bits per heavy atom. The van der Waals surface area contributed by atoms with E-state index in [1.165, 1.54) is 44.9 Å². The monoisotopic (exact) mass is 228 g/mol. The summed E-state index contributed by atoms with van der Waals surface area (Å²) in [5, 5.41) is 8.49. The first-order valence-corrected chi connectivity index (χ1v) is 6.88. The number of unbranched alkanes of at least 4 members (excludes halogenated alkanes) is 5. The van der Waals surface area contributed by atoms with Crippen LogP contribution < -0.4 is 0 Å². The van der Waals surface area contributed by atoms with E-state index in [0.717, 1.165) is 18.8 Å². The molecular formula is C14H28O2. The second kappa shape index (κ2) is 11.0. The molecule has 0 saturated carbocycles. The van der Waals surface area contributed by atoms with Crippen LogP contribution in [-0.2, 0) is 4.79 Å². The van der Waals surface area contributed by atoms with Gasteiger partial charge >= 0.3 is 5.97 Å². The smallest absolute Gasteiger partial charge is 0.303 e. The van der Waals surface area contributed by atoms with Gasteiger partial charge in [-0.1, -0.05) is 65.2 Å². The SMILES string of the molecule is CCCCCCC(C)CCCCCC(=O)O. The Labute approximate surface area is 100 Å². The minimum Gasteiger partial charge on any atom is -0.481 e. The van der Waals surface area contributed by atoms with Crippen molar-refractivity contribution in [3.63, 3.8) is 0 Å². The van der Waals surface area contributed by atoms with Crippen molar-refractivity contribution < 1.29 is 9.90 Å². The van der Waals surface area contributed by atoms with Crippen molar-refractivity contribution in [3.05, 3.63) is 0 Å². The minimum atomic E-state index is -0.660. The zero-order chi connectivity index (χ0) is 12.2. The standard InChI is InChI=1S/C14H28O2/c1-3-4-5-7-10-13(2)11-8-6-9-12-14(15)16/h13H,3-12H2,1-2H3,(H,15,16). The van der Waals surface area contributed by atoms with Crippen LogP contribution in [0.3, 0.4) is 0 Å². The van der Waals surface area contributed by atoms with Gasteiger partial charge in [0.25, 0.3) is 0 Å². The van der Waals surface area contributed by atoms with Crippen molar-refractivity contribution in [2.75, 3.05) is 0 Å². The van der Waals surface area contributed by atoms with Crippen molar-refractivity contribution in [1.29, 1.82) is 0 Å². The molecular weight excluding hydrogens is 200 g/mol. The molecule has 0 radical (unpaired) electrons. The third kappa shape index (κ3) is 11.5. The molecule has 0 amide bonds. The predicted octanol–water partition coefficient (Wildman–Crippen LogP) is 4.63. The van der Waals surface area contributed by atoms with E-state index in [4.69, 9.17) is 5.11 Å². The lowest BCUT2D eigenvalue weighted by Crippen LogP contribution is -1.97. The first-order valence-electron chi connectivity index (χ1n) is 6.88. The van der Waals surface area contributed by atoms with Crippen LogP contribution in [0.5, 0.6) is 0 Å². The van der Waals surface area contributed by atoms with Gasteiger partial charge in [0.15, 0.2) is 0 Å². The normalized spacial score (nSPS) is 12.6. The molecule has 2 nitrogen and oxygen atoms in total. The molecule has 0 aliphatic heterocycles. The molecule has 0 spiro atoms. The van der Waals surface area contributed by atoms with Crippen LogP contribution in [-0.4, -0.2) is 11.1 Å². The molecule has 0 fully saturated rings. The number of aliphatic carboxylic acids is 1. The summed E-state index contributed by atoms with van der Waals surface area (Å²) in [6.45, 7) is 4.56. The van der Waals surface area contributed by atoms with Gasteiger partial charge in [-0.3, -0.25) is 4.79 Å². The maximum atomic E-state index is 10.3. The van der Waals surface area contributed by atoms with Crippen molar-refractivity contribution in [2.24, 2.45) is 5.92 Å². The molecule has 0 rings (SSSR count). The zero-order valence-corrected chi connectivity index (χ0v) is 11.0. The highest BCUT2D eigenvalue weighted by molar-refractivity contribution is 5.66. The fourth-order valence-corrected chi connectivity index (χ4v) is 2.01. The van der Waals surface area contributed by atoms with Gasteiger partial charge in [0.05, 0.1) is 0 Å². The van der Waals surface area contributed by atoms with Crippen molar-refractivity contribution >= 4 is 5.97 Å². The second-order valence-corrected chi connectivity index (χ2v) is 4.95. The van der Waals surface area contributed by atoms with E-state index < -0.39 is 5.97 Å². The van der Waals surface area contributed by atoms with Crippen LogP contribution in [0.4, 0.5) is 0 Å². The lowest BCUT2D eigenvalue weighted by atomic mass is 9.96. The molecule has 0 aromatic heterocycles. The Morgan fingerprint density at radius 3 is 2.06 bits per heavy atom. The number of carboxylic acids is 1. The second-order valence-electron chi connectivity index (χ2n) is 4.95. The van der Waals surface area contributed by atoms with E-state index in [0.29, 0.717) is 6.42 Å². The summed E-state index contributed by atoms with van der Waals surface area (Å²) in [6, 6.07) is 0. The number of hydrogen-bond donors (Lipinski definition) is 1. The molecule has 2 heteroatoms. The van der Waals surface area contributed by atoms with Crippen molar-refractivity contribution in [3.8, 4) is 0 Å². The predicted molar refractivity (Wildman–Crippen MR) is 68.6 cm³/mol. The third-order valence-electron chi connectivity index (χ3n) is 3.14. The van der Waals surface area contributed by atoms with Crippen LogP contribution in [0, 0.1) is 5.92 Å². The molecule has 0 aliphatic carbocycles. The summed E-state index contributed by atoms with van der Waals surface area (Å²) in [5.41, 5.74) is 0. The van der Waals surface area contributed by atoms with Crippen LogP contribution in [0.25, 0.3) is 0 Å². The molecule has 16 heavy (non-hydrogen) atoms. The third-order valence-corrected chi connectivity index (χ3v) is 3.14. The Morgan fingerprint density at radius 1 is 1.00 bits per heavy atom. The molecule has 96 valence electrons. The van der Waals surface area contributed by atoms with Gasteiger partial charge in [0.2, 0.25) is 0 Å². The fraction of sp³-hybridized carbons (Fsp3) is 0.929. The Balaban J connectivity index is 3.17. The summed E-state index contributed by atoms with van der Waals surface area (Å²) in [5.74, 6) is 0.161. The maximum Gasteiger partial charge on any atom is 0.303 e. The molecule has 0 heterocycles. The fourth-order valence-electron chi connectivity index (χ4n) is 2.01. The molecule has 1 unspecified atom stereocenters. The molecule has 0 aromatic rings. The molecule has 0 bridgehead atoms. The summed E-state index contributed by atoms with van der Waals surface area (Å²) >= 11 is 0. The quantitative estimate of drug-likeness (QED) is 0.523. The average Bonchev–Trinajstić information content (AvgIpc) is 2.23. The van der Waals surface area contributed by atoms with Gasteiger partial charge in [-0.2, -0.15) is 0 Å². The van der Waals surface area contributed by atoms with E-state index in [1.54, 1.807) is 0 Å². The molecule has 0 saturated heterocycles. The molecule has 1 N–H and O–H groups in total. The van der Waals surface area contributed by atoms with E-state index in [1.807, 2.05) is 0 Å². The van der Waals surface area contributed by atoms with Crippen LogP contribution in [0.15, 0.2) is 0 Å². The highest BCUT2D eigenvalue weighted by atomic mass is 16.4. The van der Waals surface area contributed by atoms with Gasteiger partial charge in [-0.15, -0.1) is 0 Å². The van der Waals surface area contributed by atoms with Gasteiger partial charge < -0.3 is 5.11 Å². The van der Waals surface area contributed by atoms with Crippen LogP contribution in [0.2, 0.25) is 0 Å². The summed E-state index contributed by atoms with van der Waals surface area (Å²) in [6.07, 6.45) is 11.5. The maximum absolute atomic E-state index is 10.3.